The Morgan fingerprint density at radius 2 is 1.10 bits per heavy atom. The Hall–Kier alpha value is -1.36. The van der Waals surface area contributed by atoms with Crippen LogP contribution in [0.15, 0.2) is 24.7 Å². The predicted octanol–water partition coefficient (Wildman–Crippen LogP) is 9.23. The van der Waals surface area contributed by atoms with Crippen molar-refractivity contribution in [3.8, 4) is 0 Å². The van der Waals surface area contributed by atoms with Crippen LogP contribution in [0, 0.1) is 0 Å². The first kappa shape index (κ1) is 54.0. The van der Waals surface area contributed by atoms with Crippen molar-refractivity contribution in [1.29, 1.82) is 0 Å². The highest BCUT2D eigenvalue weighted by Gasteiger charge is 2.52. The van der Waals surface area contributed by atoms with Crippen LogP contribution < -0.4 is 0 Å². The van der Waals surface area contributed by atoms with E-state index in [9.17, 15) is 0 Å². The first-order chi connectivity index (χ1) is 30.0. The summed E-state index contributed by atoms with van der Waals surface area (Å²) in [5, 5.41) is 0. The lowest BCUT2D eigenvalue weighted by molar-refractivity contribution is -0.352. The average molecular weight is 873 g/mol. The molecule has 3 aliphatic rings. The fraction of sp³-hybridized carbons (Fsp3) is 0.917. The Bertz CT molecular complexity index is 1100. The third-order valence-electron chi connectivity index (χ3n) is 11.1. The molecule has 3 heterocycles. The summed E-state index contributed by atoms with van der Waals surface area (Å²) < 4.78 is 85.9. The summed E-state index contributed by atoms with van der Waals surface area (Å²) in [6.07, 6.45) is 11.0. The van der Waals surface area contributed by atoms with Gasteiger partial charge in [0.15, 0.2) is 18.2 Å². The molecular weight excluding hydrogens is 785 g/mol. The smallest absolute Gasteiger partial charge is 0.229 e. The van der Waals surface area contributed by atoms with Gasteiger partial charge in [0.1, 0.15) is 49.0 Å². The second-order valence-corrected chi connectivity index (χ2v) is 16.4. The van der Waals surface area contributed by atoms with Gasteiger partial charge in [-0.25, -0.2) is 0 Å². The van der Waals surface area contributed by atoms with E-state index in [0.717, 1.165) is 89.9 Å². The van der Waals surface area contributed by atoms with Gasteiger partial charge >= 0.3 is 0 Å². The average Bonchev–Trinajstić information content (AvgIpc) is 3.26. The first-order valence-corrected chi connectivity index (χ1v) is 24.4. The van der Waals surface area contributed by atoms with Crippen molar-refractivity contribution in [2.24, 2.45) is 0 Å². The van der Waals surface area contributed by atoms with Crippen LogP contribution in [0.2, 0.25) is 0 Å². The van der Waals surface area contributed by atoms with Gasteiger partial charge in [0.2, 0.25) is 6.29 Å². The van der Waals surface area contributed by atoms with Crippen LogP contribution >= 0.6 is 0 Å². The third-order valence-corrected chi connectivity index (χ3v) is 11.1. The Morgan fingerprint density at radius 3 is 1.70 bits per heavy atom. The molecule has 0 bridgehead atoms. The van der Waals surface area contributed by atoms with E-state index in [1.54, 1.807) is 12.3 Å². The van der Waals surface area contributed by atoms with Crippen LogP contribution in [0.3, 0.4) is 0 Å². The van der Waals surface area contributed by atoms with E-state index < -0.39 is 67.5 Å². The van der Waals surface area contributed by atoms with Crippen LogP contribution in [0.5, 0.6) is 0 Å². The highest BCUT2D eigenvalue weighted by Crippen LogP contribution is 2.35. The van der Waals surface area contributed by atoms with Crippen molar-refractivity contribution in [2.75, 3.05) is 72.7 Å². The fourth-order valence-electron chi connectivity index (χ4n) is 7.32. The predicted molar refractivity (Wildman–Crippen MR) is 237 cm³/mol. The highest BCUT2D eigenvalue weighted by atomic mass is 16.8. The molecule has 0 amide bonds. The summed E-state index contributed by atoms with van der Waals surface area (Å²) in [5.41, 5.74) is 0. The second kappa shape index (κ2) is 34.1. The number of rotatable bonds is 37. The third kappa shape index (κ3) is 19.3. The van der Waals surface area contributed by atoms with Gasteiger partial charge < -0.3 is 61.6 Å². The van der Waals surface area contributed by atoms with E-state index in [-0.39, 0.29) is 0 Å². The molecule has 0 radical (unpaired) electrons. The van der Waals surface area contributed by atoms with Crippen molar-refractivity contribution >= 4 is 0 Å². The Morgan fingerprint density at radius 1 is 0.557 bits per heavy atom. The molecule has 0 saturated carbocycles. The van der Waals surface area contributed by atoms with E-state index >= 15 is 0 Å². The zero-order chi connectivity index (χ0) is 43.9. The summed E-state index contributed by atoms with van der Waals surface area (Å²) in [4.78, 5) is 0. The molecule has 13 heteroatoms. The van der Waals surface area contributed by atoms with E-state index in [4.69, 9.17) is 61.6 Å². The van der Waals surface area contributed by atoms with Gasteiger partial charge in [-0.1, -0.05) is 99.5 Å². The Balaban J connectivity index is 2.04. The molecule has 0 aromatic rings. The van der Waals surface area contributed by atoms with E-state index in [0.29, 0.717) is 84.9 Å². The lowest BCUT2D eigenvalue weighted by atomic mass is 9.97. The first-order valence-electron chi connectivity index (χ1n) is 24.4. The number of ether oxygens (including phenoxy) is 13. The molecule has 0 N–H and O–H groups in total. The maximum Gasteiger partial charge on any atom is 0.229 e. The van der Waals surface area contributed by atoms with E-state index in [1.807, 2.05) is 0 Å². The Labute approximate surface area is 370 Å². The van der Waals surface area contributed by atoms with Gasteiger partial charge in [-0.15, -0.1) is 6.58 Å². The Kier molecular flexibility index (Phi) is 30.1. The number of unbranched alkanes of at least 4 members (excludes halogenated alkanes) is 7. The van der Waals surface area contributed by atoms with E-state index in [2.05, 4.69) is 55.0 Å². The molecule has 2 fully saturated rings. The summed E-state index contributed by atoms with van der Waals surface area (Å²) in [7, 11) is 0. The summed E-state index contributed by atoms with van der Waals surface area (Å²) in [5.74, 6) is 0.620. The summed E-state index contributed by atoms with van der Waals surface area (Å²) >= 11 is 0. The molecule has 3 rings (SSSR count). The van der Waals surface area contributed by atoms with Crippen molar-refractivity contribution < 1.29 is 61.6 Å². The number of hydrogen-bond donors (Lipinski definition) is 0. The summed E-state index contributed by atoms with van der Waals surface area (Å²) in [6, 6.07) is 0. The molecule has 61 heavy (non-hydrogen) atoms. The molecule has 0 aliphatic carbocycles. The molecule has 0 aromatic heterocycles. The largest absolute Gasteiger partial charge is 0.492 e. The lowest BCUT2D eigenvalue weighted by Crippen LogP contribution is -2.64. The van der Waals surface area contributed by atoms with Crippen molar-refractivity contribution in [3.63, 3.8) is 0 Å². The normalized spacial score (nSPS) is 29.3. The van der Waals surface area contributed by atoms with Gasteiger partial charge in [-0.05, 0) is 51.4 Å². The molecule has 0 spiro atoms. The maximum atomic E-state index is 7.16. The fourth-order valence-corrected chi connectivity index (χ4v) is 7.32. The van der Waals surface area contributed by atoms with Crippen LogP contribution in [0.4, 0.5) is 0 Å². The highest BCUT2D eigenvalue weighted by molar-refractivity contribution is 5.06. The molecule has 11 atom stereocenters. The topological polar surface area (TPSA) is 120 Å². The molecule has 13 nitrogen and oxygen atoms in total. The minimum absolute atomic E-state index is 0.319. The lowest BCUT2D eigenvalue weighted by Gasteiger charge is -2.48. The molecule has 3 aliphatic heterocycles. The van der Waals surface area contributed by atoms with Crippen LogP contribution in [-0.2, 0) is 61.6 Å². The van der Waals surface area contributed by atoms with E-state index in [1.165, 1.54) is 0 Å². The van der Waals surface area contributed by atoms with Gasteiger partial charge in [0.05, 0.1) is 32.5 Å². The standard InChI is InChI=1S/C48H88O13/c1-9-17-26-49-34-38-41(61-47-45(56-31-22-14-6)42(54-29-20-12-4)39(36-58-47)51-28-19-11-3)37(24-33-52-38)59-48-46(57-32-23-15-7)44(53-25-16-8)43(55-30-21-13-5)40(60-48)35-50-27-18-10-2/h16,36-38,40-48H,8-15,17-35H2,1-7H3. The minimum Gasteiger partial charge on any atom is -0.492 e. The molecule has 0 aromatic carbocycles. The molecular formula is C48H88O13. The SMILES string of the molecule is C=CCOC1C(OCCCC)C(COCCCC)OC(OC2CCOC(COCCCC)C2OC2OC=C(OCCCC)C(OCCCC)C2OCCCC)C1OCCCC. The molecule has 11 unspecified atom stereocenters. The van der Waals surface area contributed by atoms with Crippen molar-refractivity contribution in [3.05, 3.63) is 24.7 Å². The van der Waals surface area contributed by atoms with Gasteiger partial charge in [0, 0.05) is 46.2 Å². The van der Waals surface area contributed by atoms with Gasteiger partial charge in [0.25, 0.3) is 0 Å². The van der Waals surface area contributed by atoms with Crippen LogP contribution in [0.25, 0.3) is 0 Å². The van der Waals surface area contributed by atoms with Crippen molar-refractivity contribution in [1.82, 2.24) is 0 Å². The maximum absolute atomic E-state index is 7.16. The second-order valence-electron chi connectivity index (χ2n) is 16.4. The van der Waals surface area contributed by atoms with Crippen LogP contribution in [0.1, 0.15) is 145 Å². The van der Waals surface area contributed by atoms with Gasteiger partial charge in [-0.2, -0.15) is 0 Å². The van der Waals surface area contributed by atoms with Gasteiger partial charge in [-0.3, -0.25) is 0 Å². The monoisotopic (exact) mass is 873 g/mol. The molecule has 358 valence electrons. The van der Waals surface area contributed by atoms with Crippen LogP contribution in [-0.4, -0.2) is 140 Å². The minimum atomic E-state index is -0.846. The zero-order valence-corrected chi connectivity index (χ0v) is 39.4. The summed E-state index contributed by atoms with van der Waals surface area (Å²) in [6.45, 7) is 24.4. The quantitative estimate of drug-likeness (QED) is 0.0436. The zero-order valence-electron chi connectivity index (χ0n) is 39.4. The number of hydrogen-bond acceptors (Lipinski definition) is 13. The molecule has 2 saturated heterocycles. The van der Waals surface area contributed by atoms with Crippen molar-refractivity contribution in [2.45, 2.75) is 212 Å².